The number of para-hydroxylation sites is 1. The summed E-state index contributed by atoms with van der Waals surface area (Å²) in [5, 5.41) is 20.4. The molecule has 0 spiro atoms. The first kappa shape index (κ1) is 26.5. The lowest BCUT2D eigenvalue weighted by Gasteiger charge is -2.09. The van der Waals surface area contributed by atoms with Crippen molar-refractivity contribution in [3.8, 4) is 12.1 Å². The number of ether oxygens (including phenoxy) is 1. The molecule has 190 valence electrons. The summed E-state index contributed by atoms with van der Waals surface area (Å²) < 4.78 is 21.4. The maximum absolute atomic E-state index is 14.4. The summed E-state index contributed by atoms with van der Waals surface area (Å²) in [4.78, 5) is 26.2. The van der Waals surface area contributed by atoms with Gasteiger partial charge in [0, 0.05) is 39.0 Å². The molecule has 0 bridgehead atoms. The van der Waals surface area contributed by atoms with E-state index < -0.39 is 11.8 Å². The number of ketones is 1. The summed E-state index contributed by atoms with van der Waals surface area (Å²) in [5.41, 5.74) is 3.49. The van der Waals surface area contributed by atoms with E-state index in [1.54, 1.807) is 38.1 Å². The highest BCUT2D eigenvalue weighted by atomic mass is 32.1. The number of fused-ring (bicyclic) bond motifs is 1. The summed E-state index contributed by atoms with van der Waals surface area (Å²) in [6, 6.07) is 18.2. The van der Waals surface area contributed by atoms with Crippen LogP contribution in [0, 0.1) is 42.3 Å². The molecule has 0 aliphatic carbocycles. The normalized spacial score (nSPS) is 11.3. The highest BCUT2D eigenvalue weighted by Crippen LogP contribution is 2.32. The number of allylic oxidation sites excluding steroid dienone is 1. The highest BCUT2D eigenvalue weighted by Gasteiger charge is 2.24. The van der Waals surface area contributed by atoms with E-state index in [0.717, 1.165) is 27.9 Å². The van der Waals surface area contributed by atoms with Crippen LogP contribution in [0.2, 0.25) is 0 Å². The van der Waals surface area contributed by atoms with Crippen molar-refractivity contribution in [1.82, 2.24) is 4.57 Å². The predicted molar refractivity (Wildman–Crippen MR) is 144 cm³/mol. The highest BCUT2D eigenvalue weighted by molar-refractivity contribution is 7.14. The Kier molecular flexibility index (Phi) is 7.85. The van der Waals surface area contributed by atoms with Crippen LogP contribution in [0.1, 0.15) is 49.4 Å². The second-order valence-electron chi connectivity index (χ2n) is 8.65. The molecule has 0 radical (unpaired) electrons. The van der Waals surface area contributed by atoms with Crippen molar-refractivity contribution in [2.45, 2.75) is 33.7 Å². The van der Waals surface area contributed by atoms with Gasteiger partial charge in [0.2, 0.25) is 0 Å². The molecule has 8 heteroatoms. The number of nitriles is 2. The SMILES string of the molecule is CCOC(=O)c1sc(CC(=O)/C(C#N)=C/c2c(C)n(Cc3ccccc3F)c3ccccc23)c(C#N)c1C. The van der Waals surface area contributed by atoms with Gasteiger partial charge in [0.05, 0.1) is 24.3 Å². The number of benzene rings is 2. The van der Waals surface area contributed by atoms with Gasteiger partial charge in [-0.15, -0.1) is 11.3 Å². The Bertz CT molecular complexity index is 1680. The molecule has 4 rings (SSSR count). The van der Waals surface area contributed by atoms with Crippen molar-refractivity contribution >= 4 is 40.1 Å². The van der Waals surface area contributed by atoms with E-state index in [0.29, 0.717) is 28.1 Å². The minimum atomic E-state index is -0.542. The van der Waals surface area contributed by atoms with Gasteiger partial charge >= 0.3 is 5.97 Å². The number of esters is 1. The van der Waals surface area contributed by atoms with Crippen LogP contribution in [-0.4, -0.2) is 22.9 Å². The van der Waals surface area contributed by atoms with Crippen LogP contribution in [0.25, 0.3) is 17.0 Å². The molecule has 0 aliphatic heterocycles. The maximum Gasteiger partial charge on any atom is 0.348 e. The predicted octanol–water partition coefficient (Wildman–Crippen LogP) is 6.27. The van der Waals surface area contributed by atoms with E-state index in [2.05, 4.69) is 6.07 Å². The monoisotopic (exact) mass is 525 g/mol. The van der Waals surface area contributed by atoms with Gasteiger partial charge in [-0.05, 0) is 44.5 Å². The zero-order valence-electron chi connectivity index (χ0n) is 21.2. The Hall–Kier alpha value is -4.53. The number of Topliss-reactive ketones (excluding diaryl/α,β-unsaturated/α-hetero) is 1. The molecule has 38 heavy (non-hydrogen) atoms. The number of carbonyl (C=O) groups is 2. The van der Waals surface area contributed by atoms with Crippen molar-refractivity contribution in [1.29, 1.82) is 10.5 Å². The lowest BCUT2D eigenvalue weighted by Crippen LogP contribution is -2.06. The summed E-state index contributed by atoms with van der Waals surface area (Å²) in [7, 11) is 0. The van der Waals surface area contributed by atoms with Gasteiger partial charge in [-0.2, -0.15) is 10.5 Å². The van der Waals surface area contributed by atoms with Crippen molar-refractivity contribution < 1.29 is 18.7 Å². The number of nitrogens with zero attached hydrogens (tertiary/aromatic N) is 3. The lowest BCUT2D eigenvalue weighted by molar-refractivity contribution is -0.114. The molecule has 0 N–H and O–H groups in total. The van der Waals surface area contributed by atoms with Crippen LogP contribution in [0.4, 0.5) is 4.39 Å². The second kappa shape index (κ2) is 11.2. The van der Waals surface area contributed by atoms with Crippen molar-refractivity contribution in [2.75, 3.05) is 6.61 Å². The number of carbonyl (C=O) groups excluding carboxylic acids is 2. The molecular weight excluding hydrogens is 501 g/mol. The fourth-order valence-electron chi connectivity index (χ4n) is 4.44. The number of hydrogen-bond acceptors (Lipinski definition) is 6. The molecule has 0 saturated heterocycles. The second-order valence-corrected chi connectivity index (χ2v) is 9.76. The molecular formula is C30H24FN3O3S. The fraction of sp³-hybridized carbons (Fsp3) is 0.200. The fourth-order valence-corrected chi connectivity index (χ4v) is 5.58. The zero-order valence-corrected chi connectivity index (χ0v) is 22.0. The third kappa shape index (κ3) is 5.00. The first-order valence-corrected chi connectivity index (χ1v) is 12.8. The topological polar surface area (TPSA) is 95.9 Å². The molecule has 2 aromatic heterocycles. The molecule has 4 aromatic rings. The van der Waals surface area contributed by atoms with Crippen LogP contribution < -0.4 is 0 Å². The van der Waals surface area contributed by atoms with Crippen LogP contribution in [0.5, 0.6) is 0 Å². The van der Waals surface area contributed by atoms with Crippen LogP contribution in [-0.2, 0) is 22.5 Å². The van der Waals surface area contributed by atoms with Crippen LogP contribution in [0.3, 0.4) is 0 Å². The molecule has 0 amide bonds. The molecule has 0 atom stereocenters. The molecule has 0 saturated carbocycles. The number of aromatic nitrogens is 1. The van der Waals surface area contributed by atoms with E-state index in [-0.39, 0.29) is 34.9 Å². The van der Waals surface area contributed by atoms with Gasteiger partial charge in [-0.1, -0.05) is 36.4 Å². The van der Waals surface area contributed by atoms with Gasteiger partial charge in [0.1, 0.15) is 22.8 Å². The smallest absolute Gasteiger partial charge is 0.348 e. The maximum atomic E-state index is 14.4. The zero-order chi connectivity index (χ0) is 27.4. The van der Waals surface area contributed by atoms with Gasteiger partial charge < -0.3 is 9.30 Å². The number of halogens is 1. The molecule has 2 aromatic carbocycles. The Morgan fingerprint density at radius 1 is 1.11 bits per heavy atom. The summed E-state index contributed by atoms with van der Waals surface area (Å²) in [5.74, 6) is -1.32. The summed E-state index contributed by atoms with van der Waals surface area (Å²) >= 11 is 1.04. The Labute approximate surface area is 223 Å². The largest absolute Gasteiger partial charge is 0.462 e. The van der Waals surface area contributed by atoms with Gasteiger partial charge in [0.15, 0.2) is 5.78 Å². The standard InChI is InChI=1S/C30H24FN3O3S/c1-4-37-30(36)29-18(2)24(16-33)28(38-29)14-27(35)21(15-32)13-23-19(3)34(26-12-8-6-10-22(23)26)17-20-9-5-7-11-25(20)31/h5-13H,4,14,17H2,1-3H3/b21-13+. The molecule has 2 heterocycles. The minimum Gasteiger partial charge on any atom is -0.462 e. The van der Waals surface area contributed by atoms with Crippen molar-refractivity contribution in [3.05, 3.63) is 97.6 Å². The minimum absolute atomic E-state index is 0.0745. The van der Waals surface area contributed by atoms with E-state index in [1.807, 2.05) is 41.8 Å². The van der Waals surface area contributed by atoms with E-state index >= 15 is 0 Å². The average Bonchev–Trinajstić information content (AvgIpc) is 3.36. The molecule has 6 nitrogen and oxygen atoms in total. The Morgan fingerprint density at radius 3 is 2.50 bits per heavy atom. The van der Waals surface area contributed by atoms with E-state index in [4.69, 9.17) is 4.74 Å². The Balaban J connectivity index is 1.73. The lowest BCUT2D eigenvalue weighted by atomic mass is 10.0. The Morgan fingerprint density at radius 2 is 1.82 bits per heavy atom. The molecule has 0 aliphatic rings. The van der Waals surface area contributed by atoms with Gasteiger partial charge in [-0.25, -0.2) is 9.18 Å². The van der Waals surface area contributed by atoms with Gasteiger partial charge in [0.25, 0.3) is 0 Å². The van der Waals surface area contributed by atoms with Crippen LogP contribution in [0.15, 0.2) is 54.1 Å². The number of hydrogen-bond donors (Lipinski definition) is 0. The average molecular weight is 526 g/mol. The first-order chi connectivity index (χ1) is 18.3. The molecule has 0 unspecified atom stereocenters. The quantitative estimate of drug-likeness (QED) is 0.153. The van der Waals surface area contributed by atoms with Crippen LogP contribution >= 0.6 is 11.3 Å². The van der Waals surface area contributed by atoms with E-state index in [9.17, 15) is 24.5 Å². The summed E-state index contributed by atoms with van der Waals surface area (Å²) in [6.45, 7) is 5.69. The number of thiophene rings is 1. The molecule has 0 fully saturated rings. The van der Waals surface area contributed by atoms with Crippen molar-refractivity contribution in [2.24, 2.45) is 0 Å². The third-order valence-electron chi connectivity index (χ3n) is 6.39. The van der Waals surface area contributed by atoms with E-state index in [1.165, 1.54) is 6.07 Å². The summed E-state index contributed by atoms with van der Waals surface area (Å²) in [6.07, 6.45) is 1.36. The van der Waals surface area contributed by atoms with Gasteiger partial charge in [-0.3, -0.25) is 4.79 Å². The third-order valence-corrected chi connectivity index (χ3v) is 7.66. The van der Waals surface area contributed by atoms with Crippen molar-refractivity contribution in [3.63, 3.8) is 0 Å². The number of rotatable bonds is 8. The first-order valence-electron chi connectivity index (χ1n) is 12.0.